The minimum atomic E-state index is 0.255. The van der Waals surface area contributed by atoms with Crippen molar-refractivity contribution in [2.45, 2.75) is 12.5 Å². The Hall–Kier alpha value is -1.81. The molecule has 1 atom stereocenters. The molecule has 0 radical (unpaired) electrons. The minimum Gasteiger partial charge on any atom is -0.497 e. The highest BCUT2D eigenvalue weighted by atomic mass is 16.5. The molecule has 0 aliphatic rings. The molecular formula is C13H17N3O. The standard InChI is InChI=1S/C13H17N3O/c1-17-13-5-2-4-11(8-13)12(9-14)10-16-7-3-6-15-16/h2-8,12H,9-10,14H2,1H3. The van der Waals surface area contributed by atoms with Gasteiger partial charge in [-0.3, -0.25) is 4.68 Å². The van der Waals surface area contributed by atoms with E-state index in [9.17, 15) is 0 Å². The number of ether oxygens (including phenoxy) is 1. The summed E-state index contributed by atoms with van der Waals surface area (Å²) in [5.41, 5.74) is 7.01. The molecule has 1 aromatic heterocycles. The number of methoxy groups -OCH3 is 1. The van der Waals surface area contributed by atoms with Crippen LogP contribution in [0.4, 0.5) is 0 Å². The van der Waals surface area contributed by atoms with E-state index in [0.717, 1.165) is 12.3 Å². The van der Waals surface area contributed by atoms with Crippen LogP contribution in [-0.2, 0) is 6.54 Å². The van der Waals surface area contributed by atoms with Crippen molar-refractivity contribution in [2.24, 2.45) is 5.73 Å². The first-order chi connectivity index (χ1) is 8.33. The van der Waals surface area contributed by atoms with Crippen LogP contribution in [-0.4, -0.2) is 23.4 Å². The van der Waals surface area contributed by atoms with Gasteiger partial charge in [0, 0.05) is 31.4 Å². The second kappa shape index (κ2) is 5.50. The van der Waals surface area contributed by atoms with E-state index in [0.29, 0.717) is 6.54 Å². The third-order valence-corrected chi connectivity index (χ3v) is 2.82. The van der Waals surface area contributed by atoms with Gasteiger partial charge in [0.1, 0.15) is 5.75 Å². The van der Waals surface area contributed by atoms with Crippen LogP contribution in [0.25, 0.3) is 0 Å². The molecule has 2 N–H and O–H groups in total. The van der Waals surface area contributed by atoms with Gasteiger partial charge in [0.15, 0.2) is 0 Å². The van der Waals surface area contributed by atoms with Gasteiger partial charge in [-0.1, -0.05) is 12.1 Å². The molecular weight excluding hydrogens is 214 g/mol. The summed E-state index contributed by atoms with van der Waals surface area (Å²) in [6.07, 6.45) is 3.72. The molecule has 0 aliphatic heterocycles. The van der Waals surface area contributed by atoms with E-state index in [4.69, 9.17) is 10.5 Å². The number of aromatic nitrogens is 2. The average molecular weight is 231 g/mol. The summed E-state index contributed by atoms with van der Waals surface area (Å²) in [5.74, 6) is 1.12. The number of benzene rings is 1. The summed E-state index contributed by atoms with van der Waals surface area (Å²) in [4.78, 5) is 0. The first kappa shape index (κ1) is 11.7. The zero-order valence-corrected chi connectivity index (χ0v) is 9.91. The molecule has 1 unspecified atom stereocenters. The van der Waals surface area contributed by atoms with Crippen LogP contribution < -0.4 is 10.5 Å². The maximum atomic E-state index is 5.83. The fraction of sp³-hybridized carbons (Fsp3) is 0.308. The molecule has 4 heteroatoms. The van der Waals surface area contributed by atoms with Crippen LogP contribution in [0.15, 0.2) is 42.7 Å². The summed E-state index contributed by atoms with van der Waals surface area (Å²) in [7, 11) is 1.67. The van der Waals surface area contributed by atoms with Crippen LogP contribution in [0.3, 0.4) is 0 Å². The molecule has 1 heterocycles. The predicted molar refractivity (Wildman–Crippen MR) is 67.0 cm³/mol. The van der Waals surface area contributed by atoms with E-state index >= 15 is 0 Å². The molecule has 4 nitrogen and oxygen atoms in total. The first-order valence-electron chi connectivity index (χ1n) is 5.65. The lowest BCUT2D eigenvalue weighted by molar-refractivity contribution is 0.413. The van der Waals surface area contributed by atoms with Gasteiger partial charge in [-0.05, 0) is 23.8 Å². The number of nitrogens with two attached hydrogens (primary N) is 1. The zero-order chi connectivity index (χ0) is 12.1. The minimum absolute atomic E-state index is 0.255. The summed E-state index contributed by atoms with van der Waals surface area (Å²) >= 11 is 0. The molecule has 90 valence electrons. The van der Waals surface area contributed by atoms with Crippen molar-refractivity contribution in [3.63, 3.8) is 0 Å². The highest BCUT2D eigenvalue weighted by Gasteiger charge is 2.11. The van der Waals surface area contributed by atoms with Crippen molar-refractivity contribution in [1.29, 1.82) is 0 Å². The Morgan fingerprint density at radius 3 is 2.94 bits per heavy atom. The van der Waals surface area contributed by atoms with Crippen molar-refractivity contribution >= 4 is 0 Å². The van der Waals surface area contributed by atoms with Gasteiger partial charge in [0.05, 0.1) is 7.11 Å². The largest absolute Gasteiger partial charge is 0.497 e. The van der Waals surface area contributed by atoms with Crippen molar-refractivity contribution in [3.05, 3.63) is 48.3 Å². The Balaban J connectivity index is 2.16. The van der Waals surface area contributed by atoms with Crippen molar-refractivity contribution in [2.75, 3.05) is 13.7 Å². The van der Waals surface area contributed by atoms with E-state index in [-0.39, 0.29) is 5.92 Å². The van der Waals surface area contributed by atoms with Gasteiger partial charge in [-0.25, -0.2) is 0 Å². The lowest BCUT2D eigenvalue weighted by Gasteiger charge is -2.16. The van der Waals surface area contributed by atoms with Crippen LogP contribution in [0.5, 0.6) is 5.75 Å². The number of nitrogens with zero attached hydrogens (tertiary/aromatic N) is 2. The zero-order valence-electron chi connectivity index (χ0n) is 9.91. The molecule has 1 aromatic carbocycles. The van der Waals surface area contributed by atoms with Gasteiger partial charge < -0.3 is 10.5 Å². The van der Waals surface area contributed by atoms with E-state index < -0.39 is 0 Å². The summed E-state index contributed by atoms with van der Waals surface area (Å²) in [6, 6.07) is 9.94. The molecule has 0 bridgehead atoms. The second-order valence-electron chi connectivity index (χ2n) is 3.94. The fourth-order valence-electron chi connectivity index (χ4n) is 1.85. The van der Waals surface area contributed by atoms with Gasteiger partial charge >= 0.3 is 0 Å². The third kappa shape index (κ3) is 2.85. The van der Waals surface area contributed by atoms with Crippen molar-refractivity contribution < 1.29 is 4.74 Å². The van der Waals surface area contributed by atoms with Gasteiger partial charge in [-0.15, -0.1) is 0 Å². The van der Waals surface area contributed by atoms with Crippen molar-refractivity contribution in [1.82, 2.24) is 9.78 Å². The van der Waals surface area contributed by atoms with Crippen LogP contribution in [0.2, 0.25) is 0 Å². The normalized spacial score (nSPS) is 12.4. The topological polar surface area (TPSA) is 53.1 Å². The predicted octanol–water partition coefficient (Wildman–Crippen LogP) is 1.63. The molecule has 2 aromatic rings. The third-order valence-electron chi connectivity index (χ3n) is 2.82. The lowest BCUT2D eigenvalue weighted by Crippen LogP contribution is -2.18. The Labute approximate surface area is 101 Å². The van der Waals surface area contributed by atoms with E-state index in [1.807, 2.05) is 35.1 Å². The number of rotatable bonds is 5. The van der Waals surface area contributed by atoms with Gasteiger partial charge in [0.25, 0.3) is 0 Å². The molecule has 0 saturated carbocycles. The smallest absolute Gasteiger partial charge is 0.119 e. The average Bonchev–Trinajstić information content (AvgIpc) is 2.89. The Morgan fingerprint density at radius 2 is 2.29 bits per heavy atom. The van der Waals surface area contributed by atoms with Gasteiger partial charge in [-0.2, -0.15) is 5.10 Å². The monoisotopic (exact) mass is 231 g/mol. The molecule has 0 fully saturated rings. The lowest BCUT2D eigenvalue weighted by atomic mass is 9.99. The summed E-state index contributed by atoms with van der Waals surface area (Å²) in [5, 5.41) is 4.20. The van der Waals surface area contributed by atoms with E-state index in [1.54, 1.807) is 13.3 Å². The summed E-state index contributed by atoms with van der Waals surface area (Å²) < 4.78 is 7.12. The molecule has 0 spiro atoms. The van der Waals surface area contributed by atoms with Crippen LogP contribution in [0.1, 0.15) is 11.5 Å². The van der Waals surface area contributed by atoms with E-state index in [2.05, 4.69) is 11.2 Å². The van der Waals surface area contributed by atoms with E-state index in [1.165, 1.54) is 5.56 Å². The van der Waals surface area contributed by atoms with Gasteiger partial charge in [0.2, 0.25) is 0 Å². The van der Waals surface area contributed by atoms with Crippen LogP contribution >= 0.6 is 0 Å². The Bertz CT molecular complexity index is 453. The first-order valence-corrected chi connectivity index (χ1v) is 5.65. The van der Waals surface area contributed by atoms with Crippen molar-refractivity contribution in [3.8, 4) is 5.75 Å². The Morgan fingerprint density at radius 1 is 1.41 bits per heavy atom. The molecule has 0 amide bonds. The summed E-state index contributed by atoms with van der Waals surface area (Å²) in [6.45, 7) is 1.38. The molecule has 0 saturated heterocycles. The second-order valence-corrected chi connectivity index (χ2v) is 3.94. The molecule has 2 rings (SSSR count). The Kier molecular flexibility index (Phi) is 3.77. The molecule has 17 heavy (non-hydrogen) atoms. The number of hydrogen-bond acceptors (Lipinski definition) is 3. The quantitative estimate of drug-likeness (QED) is 0.851. The highest BCUT2D eigenvalue weighted by molar-refractivity contribution is 5.31. The highest BCUT2D eigenvalue weighted by Crippen LogP contribution is 2.21. The fourth-order valence-corrected chi connectivity index (χ4v) is 1.85. The maximum absolute atomic E-state index is 5.83. The molecule has 0 aliphatic carbocycles. The van der Waals surface area contributed by atoms with Crippen LogP contribution in [0, 0.1) is 0 Å². The SMILES string of the molecule is COc1cccc(C(CN)Cn2cccn2)c1. The maximum Gasteiger partial charge on any atom is 0.119 e. The number of hydrogen-bond donors (Lipinski definition) is 1.